The number of aryl methyl sites for hydroxylation is 1. The first-order valence-corrected chi connectivity index (χ1v) is 11.5. The quantitative estimate of drug-likeness (QED) is 0.677. The summed E-state index contributed by atoms with van der Waals surface area (Å²) in [6.07, 6.45) is 4.67. The van der Waals surface area contributed by atoms with Gasteiger partial charge in [0, 0.05) is 5.69 Å². The Balaban J connectivity index is 1.48. The van der Waals surface area contributed by atoms with Gasteiger partial charge in [0.05, 0.1) is 27.4 Å². The molecule has 30 heavy (non-hydrogen) atoms. The monoisotopic (exact) mass is 425 g/mol. The van der Waals surface area contributed by atoms with Crippen LogP contribution in [-0.2, 0) is 21.2 Å². The zero-order valence-electron chi connectivity index (χ0n) is 16.7. The van der Waals surface area contributed by atoms with Crippen molar-refractivity contribution in [3.05, 3.63) is 64.7 Å². The molecule has 1 aromatic heterocycles. The molecule has 1 amide bonds. The zero-order valence-corrected chi connectivity index (χ0v) is 17.5. The Labute approximate surface area is 174 Å². The van der Waals surface area contributed by atoms with E-state index in [0.717, 1.165) is 18.4 Å². The molecule has 8 heteroatoms. The van der Waals surface area contributed by atoms with Crippen LogP contribution in [0.15, 0.2) is 58.5 Å². The van der Waals surface area contributed by atoms with Crippen LogP contribution in [0.3, 0.4) is 0 Å². The molecule has 0 aliphatic heterocycles. The Morgan fingerprint density at radius 3 is 2.53 bits per heavy atom. The lowest BCUT2D eigenvalue weighted by molar-refractivity contribution is -0.116. The summed E-state index contributed by atoms with van der Waals surface area (Å²) in [5.74, 6) is -0.391. The molecule has 7 nitrogen and oxygen atoms in total. The van der Waals surface area contributed by atoms with Gasteiger partial charge in [-0.1, -0.05) is 25.0 Å². The molecular formula is C22H23N3O4S. The molecule has 0 atom stereocenters. The van der Waals surface area contributed by atoms with E-state index in [9.17, 15) is 18.0 Å². The van der Waals surface area contributed by atoms with Crippen molar-refractivity contribution in [3.8, 4) is 0 Å². The molecule has 1 aliphatic rings. The number of hydrogen-bond acceptors (Lipinski definition) is 5. The summed E-state index contributed by atoms with van der Waals surface area (Å²) < 4.78 is 26.6. The van der Waals surface area contributed by atoms with Crippen molar-refractivity contribution in [2.75, 3.05) is 5.32 Å². The standard InChI is InChI=1S/C22H23N3O4S/c1-15-5-4-8-19-21(15)23-14-25(22(19)27)13-20(26)24-16-9-11-18(12-10-16)30(28,29)17-6-2-3-7-17/h4-5,8-12,14,17H,2-3,6-7,13H2,1H3,(H,24,26). The summed E-state index contributed by atoms with van der Waals surface area (Å²) in [6, 6.07) is 11.5. The van der Waals surface area contributed by atoms with Crippen LogP contribution in [0.4, 0.5) is 5.69 Å². The fourth-order valence-corrected chi connectivity index (χ4v) is 5.78. The number of rotatable bonds is 5. The van der Waals surface area contributed by atoms with Crippen molar-refractivity contribution >= 4 is 32.3 Å². The molecule has 3 aromatic rings. The highest BCUT2D eigenvalue weighted by molar-refractivity contribution is 7.92. The van der Waals surface area contributed by atoms with Crippen LogP contribution in [0.5, 0.6) is 0 Å². The first-order chi connectivity index (χ1) is 14.4. The van der Waals surface area contributed by atoms with Crippen LogP contribution in [0.2, 0.25) is 0 Å². The Morgan fingerprint density at radius 1 is 1.13 bits per heavy atom. The number of aromatic nitrogens is 2. The average Bonchev–Trinajstić information content (AvgIpc) is 3.27. The van der Waals surface area contributed by atoms with E-state index in [-0.39, 0.29) is 22.2 Å². The Hall–Kier alpha value is -3.00. The lowest BCUT2D eigenvalue weighted by atomic mass is 10.1. The third-order valence-electron chi connectivity index (χ3n) is 5.58. The predicted octanol–water partition coefficient (Wildman–Crippen LogP) is 3.06. The molecule has 1 fully saturated rings. The summed E-state index contributed by atoms with van der Waals surface area (Å²) >= 11 is 0. The normalized spacial score (nSPS) is 14.8. The summed E-state index contributed by atoms with van der Waals surface area (Å²) in [4.78, 5) is 29.6. The maximum absolute atomic E-state index is 12.6. The smallest absolute Gasteiger partial charge is 0.261 e. The van der Waals surface area contributed by atoms with Crippen molar-refractivity contribution in [3.63, 3.8) is 0 Å². The first kappa shape index (κ1) is 20.3. The molecule has 0 spiro atoms. The van der Waals surface area contributed by atoms with E-state index in [2.05, 4.69) is 10.3 Å². The average molecular weight is 426 g/mol. The van der Waals surface area contributed by atoms with Gasteiger partial charge in [-0.3, -0.25) is 14.2 Å². The van der Waals surface area contributed by atoms with Crippen molar-refractivity contribution in [1.29, 1.82) is 0 Å². The summed E-state index contributed by atoms with van der Waals surface area (Å²) in [7, 11) is -3.33. The van der Waals surface area contributed by atoms with Crippen LogP contribution in [0.1, 0.15) is 31.2 Å². The number of amides is 1. The second kappa shape index (κ2) is 8.02. The molecule has 1 heterocycles. The Bertz CT molecular complexity index is 1260. The molecule has 1 aliphatic carbocycles. The zero-order chi connectivity index (χ0) is 21.3. The van der Waals surface area contributed by atoms with E-state index in [1.807, 2.05) is 13.0 Å². The highest BCUT2D eigenvalue weighted by Gasteiger charge is 2.30. The van der Waals surface area contributed by atoms with Crippen LogP contribution in [0, 0.1) is 6.92 Å². The Morgan fingerprint density at radius 2 is 1.83 bits per heavy atom. The lowest BCUT2D eigenvalue weighted by Gasteiger charge is -2.12. The number of hydrogen-bond donors (Lipinski definition) is 1. The number of nitrogens with zero attached hydrogens (tertiary/aromatic N) is 2. The van der Waals surface area contributed by atoms with Crippen LogP contribution >= 0.6 is 0 Å². The Kier molecular flexibility index (Phi) is 5.42. The largest absolute Gasteiger partial charge is 0.325 e. The van der Waals surface area contributed by atoms with Crippen LogP contribution < -0.4 is 10.9 Å². The minimum absolute atomic E-state index is 0.183. The molecule has 0 unspecified atom stereocenters. The molecule has 0 bridgehead atoms. The van der Waals surface area contributed by atoms with E-state index in [1.54, 1.807) is 24.3 Å². The van der Waals surface area contributed by atoms with Crippen molar-refractivity contribution in [2.24, 2.45) is 0 Å². The second-order valence-corrected chi connectivity index (χ2v) is 9.90. The van der Waals surface area contributed by atoms with Gasteiger partial charge in [-0.05, 0) is 55.7 Å². The van der Waals surface area contributed by atoms with Gasteiger partial charge < -0.3 is 5.32 Å². The molecule has 1 N–H and O–H groups in total. The minimum atomic E-state index is -3.33. The number of nitrogens with one attached hydrogen (secondary N) is 1. The number of carbonyl (C=O) groups is 1. The molecule has 0 radical (unpaired) electrons. The molecular weight excluding hydrogens is 402 g/mol. The van der Waals surface area contributed by atoms with Crippen LogP contribution in [0.25, 0.3) is 10.9 Å². The van der Waals surface area contributed by atoms with E-state index in [1.165, 1.54) is 23.0 Å². The number of sulfone groups is 1. The highest BCUT2D eigenvalue weighted by atomic mass is 32.2. The fourth-order valence-electron chi connectivity index (χ4n) is 3.92. The third kappa shape index (κ3) is 3.87. The molecule has 0 saturated heterocycles. The van der Waals surface area contributed by atoms with Gasteiger partial charge in [0.1, 0.15) is 6.54 Å². The number of carbonyl (C=O) groups excluding carboxylic acids is 1. The molecule has 4 rings (SSSR count). The van der Waals surface area contributed by atoms with E-state index >= 15 is 0 Å². The van der Waals surface area contributed by atoms with Crippen molar-refractivity contribution in [1.82, 2.24) is 9.55 Å². The summed E-state index contributed by atoms with van der Waals surface area (Å²) in [6.45, 7) is 1.69. The number of fused-ring (bicyclic) bond motifs is 1. The van der Waals surface area contributed by atoms with Gasteiger partial charge in [0.2, 0.25) is 5.91 Å². The van der Waals surface area contributed by atoms with Gasteiger partial charge in [-0.25, -0.2) is 13.4 Å². The topological polar surface area (TPSA) is 98.1 Å². The second-order valence-electron chi connectivity index (χ2n) is 7.67. The van der Waals surface area contributed by atoms with E-state index < -0.39 is 15.7 Å². The minimum Gasteiger partial charge on any atom is -0.325 e. The summed E-state index contributed by atoms with van der Waals surface area (Å²) in [5, 5.41) is 2.86. The predicted molar refractivity (Wildman–Crippen MR) is 115 cm³/mol. The third-order valence-corrected chi connectivity index (χ3v) is 7.86. The van der Waals surface area contributed by atoms with Crippen molar-refractivity contribution in [2.45, 2.75) is 49.3 Å². The van der Waals surface area contributed by atoms with Gasteiger partial charge in [-0.2, -0.15) is 0 Å². The number of anilines is 1. The van der Waals surface area contributed by atoms with Crippen molar-refractivity contribution < 1.29 is 13.2 Å². The van der Waals surface area contributed by atoms with Gasteiger partial charge in [-0.15, -0.1) is 0 Å². The summed E-state index contributed by atoms with van der Waals surface area (Å²) in [5.41, 5.74) is 1.71. The highest BCUT2D eigenvalue weighted by Crippen LogP contribution is 2.30. The van der Waals surface area contributed by atoms with Gasteiger partial charge in [0.15, 0.2) is 9.84 Å². The van der Waals surface area contributed by atoms with Crippen LogP contribution in [-0.4, -0.2) is 29.1 Å². The first-order valence-electron chi connectivity index (χ1n) is 9.95. The van der Waals surface area contributed by atoms with Gasteiger partial charge in [0.25, 0.3) is 5.56 Å². The SMILES string of the molecule is Cc1cccc2c(=O)n(CC(=O)Nc3ccc(S(=O)(=O)C4CCCC4)cc3)cnc12. The number of benzene rings is 2. The maximum Gasteiger partial charge on any atom is 0.261 e. The van der Waals surface area contributed by atoms with E-state index in [4.69, 9.17) is 0 Å². The molecule has 156 valence electrons. The maximum atomic E-state index is 12.6. The lowest BCUT2D eigenvalue weighted by Crippen LogP contribution is -2.28. The molecule has 1 saturated carbocycles. The van der Waals surface area contributed by atoms with E-state index in [0.29, 0.717) is 29.4 Å². The molecule has 2 aromatic carbocycles. The van der Waals surface area contributed by atoms with Gasteiger partial charge >= 0.3 is 0 Å². The fraction of sp³-hybridized carbons (Fsp3) is 0.318. The number of para-hydroxylation sites is 1.